The van der Waals surface area contributed by atoms with E-state index < -0.39 is 0 Å². The smallest absolute Gasteiger partial charge is 0.145 e. The third kappa shape index (κ3) is 3.47. The molecule has 0 aliphatic heterocycles. The highest BCUT2D eigenvalue weighted by molar-refractivity contribution is 6.13. The summed E-state index contributed by atoms with van der Waals surface area (Å²) in [4.78, 5) is 13.1. The predicted molar refractivity (Wildman–Crippen MR) is 139 cm³/mol. The van der Waals surface area contributed by atoms with Gasteiger partial charge in [-0.1, -0.05) is 17.7 Å². The van der Waals surface area contributed by atoms with Crippen LogP contribution in [0.3, 0.4) is 0 Å². The van der Waals surface area contributed by atoms with Crippen LogP contribution >= 0.6 is 0 Å². The molecule has 1 aromatic carbocycles. The molecule has 3 aromatic heterocycles. The third-order valence-electron chi connectivity index (χ3n) is 6.59. The Morgan fingerprint density at radius 2 is 2.00 bits per heavy atom. The van der Waals surface area contributed by atoms with Gasteiger partial charge in [-0.15, -0.1) is 0 Å². The van der Waals surface area contributed by atoms with Crippen LogP contribution in [0.15, 0.2) is 29.9 Å². The van der Waals surface area contributed by atoms with Crippen molar-refractivity contribution < 1.29 is 4.74 Å². The fraction of sp³-hybridized carbons (Fsp3) is 0.370. The number of aryl methyl sites for hydroxylation is 3. The maximum Gasteiger partial charge on any atom is 0.145 e. The molecule has 0 radical (unpaired) electrons. The standard InChI is InChI=1S/C27H32N6O/c1-8-33-27(17-10-9-11-20(17)32-33)31-26-24-18-13-22(34-7)19(23(14(2)3)15(4)5)12-21(18)30-25(24)28-16(6)29-26/h12-13H,2,8-11H2,1,3-7H3,(H2,28,29,30,31). The van der Waals surface area contributed by atoms with Gasteiger partial charge in [-0.3, -0.25) is 0 Å². The fourth-order valence-electron chi connectivity index (χ4n) is 5.24. The molecule has 7 nitrogen and oxygen atoms in total. The highest BCUT2D eigenvalue weighted by atomic mass is 16.5. The molecule has 176 valence electrons. The molecular weight excluding hydrogens is 424 g/mol. The first-order valence-corrected chi connectivity index (χ1v) is 11.9. The maximum atomic E-state index is 5.86. The quantitative estimate of drug-likeness (QED) is 0.335. The Bertz CT molecular complexity index is 1480. The minimum absolute atomic E-state index is 0.708. The number of allylic oxidation sites excluding steroid dienone is 3. The van der Waals surface area contributed by atoms with Crippen molar-refractivity contribution >= 4 is 39.1 Å². The van der Waals surface area contributed by atoms with Crippen molar-refractivity contribution in [2.45, 2.75) is 60.4 Å². The monoisotopic (exact) mass is 456 g/mol. The van der Waals surface area contributed by atoms with Gasteiger partial charge in [0, 0.05) is 28.6 Å². The minimum Gasteiger partial charge on any atom is -0.496 e. The summed E-state index contributed by atoms with van der Waals surface area (Å²) in [5.74, 6) is 3.34. The van der Waals surface area contributed by atoms with Gasteiger partial charge in [0.05, 0.1) is 18.2 Å². The van der Waals surface area contributed by atoms with Crippen LogP contribution in [0.2, 0.25) is 0 Å². The van der Waals surface area contributed by atoms with E-state index in [0.717, 1.165) is 81.8 Å². The molecular formula is C27H32N6O. The Balaban J connectivity index is 1.75. The number of hydrogen-bond donors (Lipinski definition) is 2. The number of fused-ring (bicyclic) bond motifs is 4. The number of nitrogens with zero attached hydrogens (tertiary/aromatic N) is 4. The summed E-state index contributed by atoms with van der Waals surface area (Å²) in [5.41, 5.74) is 8.64. The van der Waals surface area contributed by atoms with Gasteiger partial charge in [0.15, 0.2) is 0 Å². The Labute approximate surface area is 199 Å². The number of ether oxygens (including phenoxy) is 1. The van der Waals surface area contributed by atoms with Crippen LogP contribution in [-0.4, -0.2) is 31.8 Å². The normalized spacial score (nSPS) is 12.9. The molecule has 2 N–H and O–H groups in total. The summed E-state index contributed by atoms with van der Waals surface area (Å²) in [7, 11) is 1.71. The zero-order valence-corrected chi connectivity index (χ0v) is 20.9. The summed E-state index contributed by atoms with van der Waals surface area (Å²) in [6, 6.07) is 4.22. The SMILES string of the molecule is C=C(C)C(=C(C)C)c1cc2[nH]c3nc(C)nc(Nc4c5c(nn4CC)CCC5)c3c2cc1OC. The van der Waals surface area contributed by atoms with Gasteiger partial charge in [-0.2, -0.15) is 5.10 Å². The van der Waals surface area contributed by atoms with Crippen LogP contribution in [0.25, 0.3) is 27.5 Å². The molecule has 4 aromatic rings. The number of nitrogens with one attached hydrogen (secondary N) is 2. The largest absolute Gasteiger partial charge is 0.496 e. The average molecular weight is 457 g/mol. The topological polar surface area (TPSA) is 80.7 Å². The second-order valence-electron chi connectivity index (χ2n) is 9.29. The van der Waals surface area contributed by atoms with E-state index in [1.54, 1.807) is 7.11 Å². The molecule has 0 spiro atoms. The fourth-order valence-corrected chi connectivity index (χ4v) is 5.24. The summed E-state index contributed by atoms with van der Waals surface area (Å²) in [6.45, 7) is 15.3. The molecule has 1 aliphatic rings. The third-order valence-corrected chi connectivity index (χ3v) is 6.59. The molecule has 3 heterocycles. The van der Waals surface area contributed by atoms with Gasteiger partial charge < -0.3 is 15.0 Å². The highest BCUT2D eigenvalue weighted by Crippen LogP contribution is 2.40. The number of methoxy groups -OCH3 is 1. The Morgan fingerprint density at radius 1 is 1.21 bits per heavy atom. The minimum atomic E-state index is 0.708. The molecule has 0 unspecified atom stereocenters. The van der Waals surface area contributed by atoms with Crippen LogP contribution in [0.1, 0.15) is 56.8 Å². The van der Waals surface area contributed by atoms with Crippen LogP contribution in [0.4, 0.5) is 11.6 Å². The first-order valence-electron chi connectivity index (χ1n) is 11.9. The number of hydrogen-bond acceptors (Lipinski definition) is 5. The van der Waals surface area contributed by atoms with Crippen molar-refractivity contribution in [1.82, 2.24) is 24.7 Å². The molecule has 5 rings (SSSR count). The lowest BCUT2D eigenvalue weighted by Crippen LogP contribution is -2.07. The molecule has 7 heteroatoms. The molecule has 0 atom stereocenters. The van der Waals surface area contributed by atoms with E-state index in [2.05, 4.69) is 54.5 Å². The van der Waals surface area contributed by atoms with E-state index in [0.29, 0.717) is 5.82 Å². The zero-order valence-electron chi connectivity index (χ0n) is 20.9. The lowest BCUT2D eigenvalue weighted by molar-refractivity contribution is 0.414. The summed E-state index contributed by atoms with van der Waals surface area (Å²) >= 11 is 0. The van der Waals surface area contributed by atoms with Gasteiger partial charge >= 0.3 is 0 Å². The first-order chi connectivity index (χ1) is 16.3. The van der Waals surface area contributed by atoms with Crippen LogP contribution in [0.5, 0.6) is 5.75 Å². The summed E-state index contributed by atoms with van der Waals surface area (Å²) in [5, 5.41) is 10.4. The van der Waals surface area contributed by atoms with E-state index in [1.165, 1.54) is 16.8 Å². The number of H-pyrrole nitrogens is 1. The van der Waals surface area contributed by atoms with Crippen molar-refractivity contribution in [1.29, 1.82) is 0 Å². The summed E-state index contributed by atoms with van der Waals surface area (Å²) in [6.07, 6.45) is 3.23. The molecule has 0 saturated heterocycles. The second-order valence-corrected chi connectivity index (χ2v) is 9.29. The van der Waals surface area contributed by atoms with Gasteiger partial charge in [-0.05, 0) is 71.6 Å². The van der Waals surface area contributed by atoms with E-state index >= 15 is 0 Å². The Hall–Kier alpha value is -3.61. The molecule has 0 fully saturated rings. The highest BCUT2D eigenvalue weighted by Gasteiger charge is 2.24. The number of rotatable bonds is 6. The van der Waals surface area contributed by atoms with Gasteiger partial charge in [-0.25, -0.2) is 14.6 Å². The molecule has 0 bridgehead atoms. The van der Waals surface area contributed by atoms with Crippen molar-refractivity contribution in [3.05, 3.63) is 52.5 Å². The van der Waals surface area contributed by atoms with E-state index in [-0.39, 0.29) is 0 Å². The van der Waals surface area contributed by atoms with Crippen LogP contribution in [0, 0.1) is 6.92 Å². The number of anilines is 2. The van der Waals surface area contributed by atoms with Crippen LogP contribution in [-0.2, 0) is 19.4 Å². The van der Waals surface area contributed by atoms with Crippen LogP contribution < -0.4 is 10.1 Å². The van der Waals surface area contributed by atoms with Gasteiger partial charge in [0.2, 0.25) is 0 Å². The number of benzene rings is 1. The van der Waals surface area contributed by atoms with Crippen molar-refractivity contribution in [2.24, 2.45) is 0 Å². The maximum absolute atomic E-state index is 5.86. The predicted octanol–water partition coefficient (Wildman–Crippen LogP) is 6.25. The van der Waals surface area contributed by atoms with E-state index in [4.69, 9.17) is 19.8 Å². The van der Waals surface area contributed by atoms with Crippen molar-refractivity contribution in [3.63, 3.8) is 0 Å². The Kier molecular flexibility index (Phi) is 5.42. The molecule has 34 heavy (non-hydrogen) atoms. The lowest BCUT2D eigenvalue weighted by Gasteiger charge is -2.15. The van der Waals surface area contributed by atoms with E-state index in [1.807, 2.05) is 13.8 Å². The first kappa shape index (κ1) is 22.2. The molecule has 0 amide bonds. The van der Waals surface area contributed by atoms with Gasteiger partial charge in [0.25, 0.3) is 0 Å². The average Bonchev–Trinajstić information content (AvgIpc) is 3.45. The summed E-state index contributed by atoms with van der Waals surface area (Å²) < 4.78 is 7.91. The zero-order chi connectivity index (χ0) is 24.1. The Morgan fingerprint density at radius 3 is 2.68 bits per heavy atom. The van der Waals surface area contributed by atoms with Crippen molar-refractivity contribution in [3.8, 4) is 5.75 Å². The van der Waals surface area contributed by atoms with Gasteiger partial charge in [0.1, 0.15) is 28.9 Å². The number of aromatic amines is 1. The molecule has 1 aliphatic carbocycles. The molecule has 0 saturated carbocycles. The van der Waals surface area contributed by atoms with Crippen molar-refractivity contribution in [2.75, 3.05) is 12.4 Å². The number of aromatic nitrogens is 5. The lowest BCUT2D eigenvalue weighted by atomic mass is 9.94. The van der Waals surface area contributed by atoms with E-state index in [9.17, 15) is 0 Å². The second kappa shape index (κ2) is 8.31.